The molecule has 0 heterocycles. The summed E-state index contributed by atoms with van der Waals surface area (Å²) in [6.45, 7) is -4.98. The summed E-state index contributed by atoms with van der Waals surface area (Å²) in [5.74, 6) is -0.0121. The summed E-state index contributed by atoms with van der Waals surface area (Å²) in [4.78, 5) is 0. The van der Waals surface area contributed by atoms with Gasteiger partial charge in [-0.25, -0.2) is 0 Å². The Bertz CT molecular complexity index is 364. The van der Waals surface area contributed by atoms with Crippen LogP contribution in [-0.2, 0) is 0 Å². The Hall–Kier alpha value is 0.511. The third-order valence-electron chi connectivity index (χ3n) is 2.87. The number of benzene rings is 1. The van der Waals surface area contributed by atoms with E-state index in [1.165, 1.54) is 12.1 Å². The molecule has 17 heavy (non-hydrogen) atoms. The number of rotatable bonds is 3. The van der Waals surface area contributed by atoms with Crippen LogP contribution in [0.15, 0.2) is 24.3 Å². The van der Waals surface area contributed by atoms with Crippen LogP contribution < -0.4 is 61.6 Å². The molecule has 6 heteroatoms. The zero-order valence-corrected chi connectivity index (χ0v) is 13.0. The smallest absolute Gasteiger partial charge is 0.493 e. The molecule has 0 unspecified atom stereocenters. The average molecular weight is 268 g/mol. The summed E-state index contributed by atoms with van der Waals surface area (Å²) in [6, 6.07) is 5.47. The van der Waals surface area contributed by atoms with Crippen molar-refractivity contribution < 1.29 is 69.1 Å². The quantitative estimate of drug-likeness (QED) is 0.705. The topological polar surface area (TPSA) is 9.23 Å². The molecule has 1 aromatic carbocycles. The molecule has 1 aliphatic carbocycles. The molecule has 1 nitrogen and oxygen atoms in total. The molecule has 2 rings (SSSR count). The number of ether oxygens (including phenoxy) is 1. The van der Waals surface area contributed by atoms with Crippen LogP contribution in [0.4, 0.5) is 12.9 Å². The summed E-state index contributed by atoms with van der Waals surface area (Å²) >= 11 is 0. The van der Waals surface area contributed by atoms with E-state index in [0.29, 0.717) is 0 Å². The first-order chi connectivity index (χ1) is 7.57. The molecule has 1 saturated carbocycles. The van der Waals surface area contributed by atoms with Gasteiger partial charge in [-0.15, -0.1) is 0 Å². The Morgan fingerprint density at radius 1 is 1.06 bits per heavy atom. The number of para-hydroxylation sites is 1. The van der Waals surface area contributed by atoms with E-state index in [1.807, 2.05) is 0 Å². The van der Waals surface area contributed by atoms with Gasteiger partial charge in [0.1, 0.15) is 0 Å². The van der Waals surface area contributed by atoms with Crippen LogP contribution in [0.25, 0.3) is 0 Å². The minimum absolute atomic E-state index is 0. The third-order valence-corrected chi connectivity index (χ3v) is 2.87. The van der Waals surface area contributed by atoms with E-state index in [2.05, 4.69) is 0 Å². The first kappa shape index (κ1) is 15.6. The molecule has 0 saturated heterocycles. The van der Waals surface area contributed by atoms with Gasteiger partial charge in [0.15, 0.2) is 0 Å². The Labute approximate surface area is 142 Å². The van der Waals surface area contributed by atoms with E-state index < -0.39 is 12.4 Å². The predicted molar refractivity (Wildman–Crippen MR) is 58.0 cm³/mol. The van der Waals surface area contributed by atoms with Crippen molar-refractivity contribution in [3.05, 3.63) is 24.3 Å². The van der Waals surface area contributed by atoms with Gasteiger partial charge < -0.3 is 17.7 Å². The summed E-state index contributed by atoms with van der Waals surface area (Å²) in [5.41, 5.74) is -0.616. The zero-order chi connectivity index (χ0) is 11.6. The largest absolute Gasteiger partial charge is 1.00 e. The van der Waals surface area contributed by atoms with Crippen molar-refractivity contribution in [1.82, 2.24) is 0 Å². The molecule has 1 aliphatic rings. The fourth-order valence-electron chi connectivity index (χ4n) is 2.04. The summed E-state index contributed by atoms with van der Waals surface area (Å²) in [7, 11) is 0. The summed E-state index contributed by atoms with van der Waals surface area (Å²) in [6.07, 6.45) is 3.77. The molecule has 0 atom stereocenters. The molecule has 0 radical (unpaired) electrons. The van der Waals surface area contributed by atoms with Crippen LogP contribution in [0, 0.1) is 0 Å². The van der Waals surface area contributed by atoms with Gasteiger partial charge >= 0.3 is 58.4 Å². The van der Waals surface area contributed by atoms with E-state index in [1.54, 1.807) is 6.07 Å². The van der Waals surface area contributed by atoms with Crippen LogP contribution in [-0.4, -0.2) is 13.1 Å². The summed E-state index contributed by atoms with van der Waals surface area (Å²) < 4.78 is 43.5. The fourth-order valence-corrected chi connectivity index (χ4v) is 2.04. The van der Waals surface area contributed by atoms with Crippen molar-refractivity contribution in [3.63, 3.8) is 0 Å². The standard InChI is InChI=1S/C11H13BF3O.K/c13-12(14,15)10-7-3-4-8-11(10)16-9-5-1-2-6-9;/h3-4,7-9H,1-2,5-6H2;/q-1;+1. The minimum atomic E-state index is -4.98. The molecule has 0 aromatic heterocycles. The zero-order valence-electron chi connectivity index (χ0n) is 9.83. The molecule has 0 amide bonds. The SMILES string of the molecule is F[B-](F)(F)c1ccccc1OC1CCCC1.[K+]. The molecule has 0 N–H and O–H groups in total. The third kappa shape index (κ3) is 4.28. The molecule has 1 aromatic rings. The van der Waals surface area contributed by atoms with Crippen molar-refractivity contribution in [2.75, 3.05) is 0 Å². The Morgan fingerprint density at radius 3 is 2.24 bits per heavy atom. The van der Waals surface area contributed by atoms with Gasteiger partial charge in [0.25, 0.3) is 0 Å². The average Bonchev–Trinajstić information content (AvgIpc) is 2.70. The van der Waals surface area contributed by atoms with E-state index >= 15 is 0 Å². The van der Waals surface area contributed by atoms with E-state index in [-0.39, 0.29) is 63.2 Å². The number of halogens is 3. The van der Waals surface area contributed by atoms with Gasteiger partial charge in [0.2, 0.25) is 0 Å². The van der Waals surface area contributed by atoms with Gasteiger partial charge in [-0.3, -0.25) is 0 Å². The van der Waals surface area contributed by atoms with E-state index in [0.717, 1.165) is 31.7 Å². The van der Waals surface area contributed by atoms with Crippen LogP contribution in [0.5, 0.6) is 5.75 Å². The fraction of sp³-hybridized carbons (Fsp3) is 0.455. The molecule has 0 aliphatic heterocycles. The van der Waals surface area contributed by atoms with Gasteiger partial charge in [0, 0.05) is 0 Å². The van der Waals surface area contributed by atoms with Crippen LogP contribution in [0.1, 0.15) is 25.7 Å². The van der Waals surface area contributed by atoms with Crippen LogP contribution in [0.2, 0.25) is 0 Å². The molecule has 1 fully saturated rings. The predicted octanol–water partition coefficient (Wildman–Crippen LogP) is 0.0664. The molecule has 0 bridgehead atoms. The maximum absolute atomic E-state index is 12.7. The van der Waals surface area contributed by atoms with Crippen molar-refractivity contribution in [3.8, 4) is 5.75 Å². The second-order valence-corrected chi connectivity index (χ2v) is 4.14. The van der Waals surface area contributed by atoms with Crippen molar-refractivity contribution in [2.45, 2.75) is 31.8 Å². The van der Waals surface area contributed by atoms with E-state index in [4.69, 9.17) is 4.74 Å². The van der Waals surface area contributed by atoms with Crippen LogP contribution >= 0.6 is 0 Å². The molecule has 0 spiro atoms. The number of hydrogen-bond acceptors (Lipinski definition) is 1. The second-order valence-electron chi connectivity index (χ2n) is 4.14. The normalized spacial score (nSPS) is 16.6. The van der Waals surface area contributed by atoms with Crippen molar-refractivity contribution in [1.29, 1.82) is 0 Å². The van der Waals surface area contributed by atoms with Crippen molar-refractivity contribution in [2.24, 2.45) is 0 Å². The minimum Gasteiger partial charge on any atom is -0.493 e. The van der Waals surface area contributed by atoms with Gasteiger partial charge in [-0.05, 0) is 31.7 Å². The monoisotopic (exact) mass is 268 g/mol. The molecular weight excluding hydrogens is 255 g/mol. The van der Waals surface area contributed by atoms with Gasteiger partial charge in [-0.1, -0.05) is 23.7 Å². The maximum atomic E-state index is 12.7. The second kappa shape index (κ2) is 6.61. The molecular formula is C11H13BF3KO. The van der Waals surface area contributed by atoms with Crippen LogP contribution in [0.3, 0.4) is 0 Å². The number of hydrogen-bond donors (Lipinski definition) is 0. The Morgan fingerprint density at radius 2 is 1.65 bits per heavy atom. The first-order valence-corrected chi connectivity index (χ1v) is 5.53. The Balaban J connectivity index is 0.00000144. The van der Waals surface area contributed by atoms with Gasteiger partial charge in [0.05, 0.1) is 11.9 Å². The summed E-state index contributed by atoms with van der Waals surface area (Å²) in [5, 5.41) is 0. The Kier molecular flexibility index (Phi) is 6.06. The van der Waals surface area contributed by atoms with Gasteiger partial charge in [-0.2, -0.15) is 0 Å². The van der Waals surface area contributed by atoms with Crippen molar-refractivity contribution >= 4 is 12.4 Å². The molecule has 88 valence electrons. The maximum Gasteiger partial charge on any atom is 1.00 e. The first-order valence-electron chi connectivity index (χ1n) is 5.53. The van der Waals surface area contributed by atoms with E-state index in [9.17, 15) is 12.9 Å².